The van der Waals surface area contributed by atoms with Crippen molar-refractivity contribution >= 4 is 15.7 Å². The highest BCUT2D eigenvalue weighted by Crippen LogP contribution is 2.36. The van der Waals surface area contributed by atoms with Crippen LogP contribution in [0.1, 0.15) is 18.4 Å². The van der Waals surface area contributed by atoms with Gasteiger partial charge in [0.15, 0.2) is 0 Å². The number of nitrogens with zero attached hydrogens (tertiary/aromatic N) is 2. The maximum Gasteiger partial charge on any atom is 0.236 e. The fraction of sp³-hybridized carbons (Fsp3) is 0.250. The highest BCUT2D eigenvalue weighted by atomic mass is 32.2. The van der Waals surface area contributed by atoms with Crippen LogP contribution in [0.5, 0.6) is 0 Å². The van der Waals surface area contributed by atoms with Crippen LogP contribution in [-0.4, -0.2) is 26.5 Å². The Morgan fingerprint density at radius 1 is 1.00 bits per heavy atom. The van der Waals surface area contributed by atoms with Gasteiger partial charge in [-0.2, -0.15) is 4.98 Å². The van der Waals surface area contributed by atoms with Crippen LogP contribution < -0.4 is 4.90 Å². The smallest absolute Gasteiger partial charge is 0.236 e. The van der Waals surface area contributed by atoms with Gasteiger partial charge in [-0.3, -0.25) is 0 Å². The third-order valence-electron chi connectivity index (χ3n) is 4.65. The van der Waals surface area contributed by atoms with Crippen LogP contribution in [0.25, 0.3) is 11.5 Å². The van der Waals surface area contributed by atoms with E-state index in [0.717, 1.165) is 18.4 Å². The average Bonchev–Trinajstić information content (AvgIpc) is 3.32. The average molecular weight is 386 g/mol. The number of rotatable bonds is 4. The highest BCUT2D eigenvalue weighted by Gasteiger charge is 2.32. The second-order valence-electron chi connectivity index (χ2n) is 6.65. The summed E-state index contributed by atoms with van der Waals surface area (Å²) in [5, 5.41) is -0.0902. The maximum atomic E-state index is 13.2. The van der Waals surface area contributed by atoms with Gasteiger partial charge < -0.3 is 9.32 Å². The van der Waals surface area contributed by atoms with E-state index in [0.29, 0.717) is 18.7 Å². The van der Waals surface area contributed by atoms with Crippen LogP contribution >= 0.6 is 0 Å². The largest absolute Gasteiger partial charge is 0.419 e. The molecule has 0 N–H and O–H groups in total. The molecule has 0 atom stereocenters. The van der Waals surface area contributed by atoms with Crippen LogP contribution in [-0.2, 0) is 9.84 Å². The lowest BCUT2D eigenvalue weighted by Gasteiger charge is -2.14. The molecule has 0 bridgehead atoms. The third kappa shape index (κ3) is 3.35. The van der Waals surface area contributed by atoms with Crippen molar-refractivity contribution in [3.05, 3.63) is 59.9 Å². The lowest BCUT2D eigenvalue weighted by atomic mass is 10.2. The molecule has 2 aromatic carbocycles. The Morgan fingerprint density at radius 2 is 1.63 bits per heavy atom. The Balaban J connectivity index is 1.85. The first-order valence-corrected chi connectivity index (χ1v) is 10.3. The fourth-order valence-electron chi connectivity index (χ4n) is 3.14. The van der Waals surface area contributed by atoms with Crippen molar-refractivity contribution < 1.29 is 17.2 Å². The molecule has 27 heavy (non-hydrogen) atoms. The molecule has 0 spiro atoms. The minimum Gasteiger partial charge on any atom is -0.419 e. The van der Waals surface area contributed by atoms with Gasteiger partial charge in [-0.05, 0) is 56.2 Å². The fourth-order valence-corrected chi connectivity index (χ4v) is 4.46. The topological polar surface area (TPSA) is 63.4 Å². The van der Waals surface area contributed by atoms with Crippen molar-refractivity contribution in [3.8, 4) is 11.5 Å². The second kappa shape index (κ2) is 6.81. The Labute approximate surface area is 157 Å². The predicted molar refractivity (Wildman–Crippen MR) is 100.0 cm³/mol. The molecule has 5 nitrogen and oxygen atoms in total. The number of benzene rings is 2. The van der Waals surface area contributed by atoms with E-state index in [1.165, 1.54) is 24.3 Å². The number of halogens is 1. The first-order valence-electron chi connectivity index (χ1n) is 8.78. The van der Waals surface area contributed by atoms with Crippen molar-refractivity contribution in [1.82, 2.24) is 4.98 Å². The molecule has 0 unspecified atom stereocenters. The van der Waals surface area contributed by atoms with Crippen molar-refractivity contribution in [2.45, 2.75) is 29.7 Å². The van der Waals surface area contributed by atoms with Gasteiger partial charge in [0.25, 0.3) is 0 Å². The van der Waals surface area contributed by atoms with Crippen molar-refractivity contribution in [2.24, 2.45) is 0 Å². The van der Waals surface area contributed by atoms with Crippen LogP contribution in [0.4, 0.5) is 10.3 Å². The molecule has 0 saturated carbocycles. The molecule has 7 heteroatoms. The summed E-state index contributed by atoms with van der Waals surface area (Å²) in [5.74, 6) is 0.0487. The van der Waals surface area contributed by atoms with Crippen molar-refractivity contribution in [1.29, 1.82) is 0 Å². The highest BCUT2D eigenvalue weighted by molar-refractivity contribution is 7.91. The Bertz CT molecular complexity index is 1050. The molecule has 3 aromatic rings. The van der Waals surface area contributed by atoms with E-state index >= 15 is 0 Å². The molecule has 2 heterocycles. The summed E-state index contributed by atoms with van der Waals surface area (Å²) < 4.78 is 45.5. The Hall–Kier alpha value is -2.67. The Kier molecular flexibility index (Phi) is 4.47. The number of hydrogen-bond donors (Lipinski definition) is 0. The first-order chi connectivity index (χ1) is 12.9. The van der Waals surface area contributed by atoms with Gasteiger partial charge >= 0.3 is 0 Å². The zero-order chi connectivity index (χ0) is 19.0. The molecule has 1 fully saturated rings. The number of anilines is 1. The molecule has 0 amide bonds. The number of sulfone groups is 1. The van der Waals surface area contributed by atoms with Gasteiger partial charge in [0, 0.05) is 18.7 Å². The van der Waals surface area contributed by atoms with Crippen molar-refractivity contribution in [2.75, 3.05) is 18.0 Å². The molecule has 1 saturated heterocycles. The molecule has 4 rings (SSSR count). The zero-order valence-corrected chi connectivity index (χ0v) is 15.7. The van der Waals surface area contributed by atoms with E-state index in [2.05, 4.69) is 4.98 Å². The normalized spacial score (nSPS) is 14.7. The van der Waals surface area contributed by atoms with Gasteiger partial charge in [-0.25, -0.2) is 12.8 Å². The molecular formula is C20H19FN2O3S. The van der Waals surface area contributed by atoms with Gasteiger partial charge in [0.05, 0.1) is 4.90 Å². The predicted octanol–water partition coefficient (Wildman–Crippen LogP) is 4.22. The van der Waals surface area contributed by atoms with Crippen LogP contribution in [0.3, 0.4) is 0 Å². The summed E-state index contributed by atoms with van der Waals surface area (Å²) in [4.78, 5) is 6.38. The molecule has 0 aliphatic carbocycles. The quantitative estimate of drug-likeness (QED) is 0.672. The van der Waals surface area contributed by atoms with E-state index in [1.54, 1.807) is 24.3 Å². The summed E-state index contributed by atoms with van der Waals surface area (Å²) in [6, 6.07) is 12.3. The molecule has 1 aromatic heterocycles. The summed E-state index contributed by atoms with van der Waals surface area (Å²) in [6.45, 7) is 3.33. The molecule has 1 aliphatic rings. The molecular weight excluding hydrogens is 367 g/mol. The Morgan fingerprint density at radius 3 is 2.26 bits per heavy atom. The first kappa shape index (κ1) is 17.7. The maximum absolute atomic E-state index is 13.2. The molecule has 0 radical (unpaired) electrons. The van der Waals surface area contributed by atoms with E-state index in [4.69, 9.17) is 4.42 Å². The minimum absolute atomic E-state index is 0.0902. The van der Waals surface area contributed by atoms with E-state index in [-0.39, 0.29) is 27.5 Å². The molecule has 140 valence electrons. The lowest BCUT2D eigenvalue weighted by molar-refractivity contribution is 0.556. The zero-order valence-electron chi connectivity index (χ0n) is 14.9. The van der Waals surface area contributed by atoms with Gasteiger partial charge in [-0.1, -0.05) is 17.7 Å². The van der Waals surface area contributed by atoms with Crippen molar-refractivity contribution in [3.63, 3.8) is 0 Å². The van der Waals surface area contributed by atoms with E-state index in [1.807, 2.05) is 11.8 Å². The minimum atomic E-state index is -3.84. The van der Waals surface area contributed by atoms with Gasteiger partial charge in [0.1, 0.15) is 5.82 Å². The summed E-state index contributed by atoms with van der Waals surface area (Å²) in [6.07, 6.45) is 1.94. The number of aryl methyl sites for hydroxylation is 1. The van der Waals surface area contributed by atoms with E-state index < -0.39 is 9.84 Å². The second-order valence-corrected chi connectivity index (χ2v) is 8.51. The van der Waals surface area contributed by atoms with Crippen LogP contribution in [0.15, 0.2) is 62.9 Å². The summed E-state index contributed by atoms with van der Waals surface area (Å²) in [7, 11) is -3.84. The van der Waals surface area contributed by atoms with E-state index in [9.17, 15) is 12.8 Å². The summed E-state index contributed by atoms with van der Waals surface area (Å²) >= 11 is 0. The summed E-state index contributed by atoms with van der Waals surface area (Å²) in [5.41, 5.74) is 1.50. The molecule has 1 aliphatic heterocycles. The van der Waals surface area contributed by atoms with Gasteiger partial charge in [-0.15, -0.1) is 0 Å². The van der Waals surface area contributed by atoms with Gasteiger partial charge in [0.2, 0.25) is 26.6 Å². The third-order valence-corrected chi connectivity index (χ3v) is 6.32. The van der Waals surface area contributed by atoms with Crippen LogP contribution in [0, 0.1) is 12.7 Å². The number of hydrogen-bond acceptors (Lipinski definition) is 5. The lowest BCUT2D eigenvalue weighted by Crippen LogP contribution is -2.19. The monoisotopic (exact) mass is 386 g/mol. The standard InChI is InChI=1S/C20H19FN2O3S/c1-14-4-10-17(11-5-14)27(24,25)19-20(23-12-2-3-13-23)26-18(22-19)15-6-8-16(21)9-7-15/h4-11H,2-3,12-13H2,1H3. The SMILES string of the molecule is Cc1ccc(S(=O)(=O)c2nc(-c3ccc(F)cc3)oc2N2CCCC2)cc1. The number of oxazole rings is 1. The van der Waals surface area contributed by atoms with Crippen LogP contribution in [0.2, 0.25) is 0 Å². The number of aromatic nitrogens is 1.